The molecule has 0 aliphatic carbocycles. The molecule has 116 valence electrons. The van der Waals surface area contributed by atoms with Gasteiger partial charge in [-0.15, -0.1) is 0 Å². The first kappa shape index (κ1) is 15.7. The minimum absolute atomic E-state index is 0.0914. The Morgan fingerprint density at radius 2 is 1.96 bits per heavy atom. The lowest BCUT2D eigenvalue weighted by molar-refractivity contribution is 0.373. The number of fused-ring (bicyclic) bond motifs is 1. The molecule has 0 spiro atoms. The van der Waals surface area contributed by atoms with Gasteiger partial charge in [0.25, 0.3) is 0 Å². The van der Waals surface area contributed by atoms with Crippen molar-refractivity contribution >= 4 is 45.2 Å². The minimum Gasteiger partial charge on any atom is -0.503 e. The Morgan fingerprint density at radius 1 is 1.17 bits per heavy atom. The lowest BCUT2D eigenvalue weighted by Crippen LogP contribution is -1.88. The van der Waals surface area contributed by atoms with E-state index in [2.05, 4.69) is 4.98 Å². The summed E-state index contributed by atoms with van der Waals surface area (Å²) in [5, 5.41) is 11.5. The van der Waals surface area contributed by atoms with E-state index in [1.807, 2.05) is 36.4 Å². The SMILES string of the molecule is COc1cc(/C=C(\Cl)c2ccc3ccccc3n2)cc(Cl)c1O. The Hall–Kier alpha value is -2.23. The van der Waals surface area contributed by atoms with Gasteiger partial charge in [-0.3, -0.25) is 0 Å². The van der Waals surface area contributed by atoms with Crippen molar-refractivity contribution < 1.29 is 9.84 Å². The summed E-state index contributed by atoms with van der Waals surface area (Å²) in [6, 6.07) is 14.9. The zero-order chi connectivity index (χ0) is 16.4. The highest BCUT2D eigenvalue weighted by Gasteiger charge is 2.09. The third-order valence-corrected chi connectivity index (χ3v) is 4.00. The molecule has 5 heteroatoms. The molecule has 0 fully saturated rings. The van der Waals surface area contributed by atoms with Crippen molar-refractivity contribution in [3.8, 4) is 11.5 Å². The highest BCUT2D eigenvalue weighted by atomic mass is 35.5. The van der Waals surface area contributed by atoms with Gasteiger partial charge in [0.1, 0.15) is 0 Å². The smallest absolute Gasteiger partial charge is 0.176 e. The zero-order valence-corrected chi connectivity index (χ0v) is 13.8. The Balaban J connectivity index is 2.02. The number of aromatic hydroxyl groups is 1. The first-order valence-electron chi connectivity index (χ1n) is 6.88. The maximum Gasteiger partial charge on any atom is 0.176 e. The van der Waals surface area contributed by atoms with Crippen LogP contribution in [0.2, 0.25) is 5.02 Å². The van der Waals surface area contributed by atoms with Crippen LogP contribution in [-0.4, -0.2) is 17.2 Å². The number of para-hydroxylation sites is 1. The van der Waals surface area contributed by atoms with E-state index in [9.17, 15) is 5.11 Å². The Morgan fingerprint density at radius 3 is 2.74 bits per heavy atom. The van der Waals surface area contributed by atoms with Crippen molar-refractivity contribution in [2.75, 3.05) is 7.11 Å². The lowest BCUT2D eigenvalue weighted by atomic mass is 10.1. The predicted molar refractivity (Wildman–Crippen MR) is 95.1 cm³/mol. The molecular weight excluding hydrogens is 333 g/mol. The van der Waals surface area contributed by atoms with Gasteiger partial charge in [-0.25, -0.2) is 4.98 Å². The highest BCUT2D eigenvalue weighted by Crippen LogP contribution is 2.36. The first-order chi connectivity index (χ1) is 11.1. The summed E-state index contributed by atoms with van der Waals surface area (Å²) in [4.78, 5) is 4.54. The molecule has 0 aliphatic heterocycles. The van der Waals surface area contributed by atoms with Crippen LogP contribution in [0.3, 0.4) is 0 Å². The average molecular weight is 346 g/mol. The van der Waals surface area contributed by atoms with E-state index in [1.165, 1.54) is 7.11 Å². The number of hydrogen-bond donors (Lipinski definition) is 1. The molecule has 0 unspecified atom stereocenters. The Labute approximate surface area is 143 Å². The second-order valence-corrected chi connectivity index (χ2v) is 5.75. The molecular formula is C18H13Cl2NO2. The van der Waals surface area contributed by atoms with E-state index < -0.39 is 0 Å². The van der Waals surface area contributed by atoms with Crippen LogP contribution >= 0.6 is 23.2 Å². The summed E-state index contributed by atoms with van der Waals surface area (Å²) in [7, 11) is 1.46. The van der Waals surface area contributed by atoms with Crippen LogP contribution in [0.1, 0.15) is 11.3 Å². The molecule has 0 atom stereocenters. The second-order valence-electron chi connectivity index (χ2n) is 4.94. The average Bonchev–Trinajstić information content (AvgIpc) is 2.57. The second kappa shape index (κ2) is 6.49. The maximum absolute atomic E-state index is 9.77. The molecule has 2 aromatic carbocycles. The van der Waals surface area contributed by atoms with E-state index in [0.717, 1.165) is 10.9 Å². The fourth-order valence-electron chi connectivity index (χ4n) is 2.25. The summed E-state index contributed by atoms with van der Waals surface area (Å²) >= 11 is 12.4. The number of nitrogens with zero attached hydrogens (tertiary/aromatic N) is 1. The van der Waals surface area contributed by atoms with Crippen molar-refractivity contribution in [1.29, 1.82) is 0 Å². The molecule has 0 aliphatic rings. The van der Waals surface area contributed by atoms with Crippen LogP contribution in [0.5, 0.6) is 11.5 Å². The number of rotatable bonds is 3. The van der Waals surface area contributed by atoms with Gasteiger partial charge in [0.05, 0.1) is 28.4 Å². The van der Waals surface area contributed by atoms with Crippen LogP contribution in [0, 0.1) is 0 Å². The number of pyridine rings is 1. The minimum atomic E-state index is -0.0914. The molecule has 1 N–H and O–H groups in total. The first-order valence-corrected chi connectivity index (χ1v) is 7.64. The van der Waals surface area contributed by atoms with Gasteiger partial charge in [0, 0.05) is 5.39 Å². The molecule has 0 saturated carbocycles. The number of phenols is 1. The fourth-order valence-corrected chi connectivity index (χ4v) is 2.70. The third kappa shape index (κ3) is 3.26. The summed E-state index contributed by atoms with van der Waals surface area (Å²) in [6.07, 6.45) is 1.73. The van der Waals surface area contributed by atoms with E-state index in [4.69, 9.17) is 27.9 Å². The molecule has 1 heterocycles. The Kier molecular flexibility index (Phi) is 4.42. The molecule has 0 amide bonds. The van der Waals surface area contributed by atoms with Crippen LogP contribution in [0.15, 0.2) is 48.5 Å². The number of ether oxygens (including phenoxy) is 1. The van der Waals surface area contributed by atoms with E-state index in [0.29, 0.717) is 22.0 Å². The summed E-state index contributed by atoms with van der Waals surface area (Å²) in [6.45, 7) is 0. The van der Waals surface area contributed by atoms with Crippen molar-refractivity contribution in [2.45, 2.75) is 0 Å². The number of hydrogen-bond acceptors (Lipinski definition) is 3. The summed E-state index contributed by atoms with van der Waals surface area (Å²) in [5.74, 6) is 0.200. The molecule has 0 saturated heterocycles. The normalized spacial score (nSPS) is 11.7. The molecule has 3 aromatic rings. The van der Waals surface area contributed by atoms with Crippen LogP contribution < -0.4 is 4.74 Å². The molecule has 3 rings (SSSR count). The van der Waals surface area contributed by atoms with Crippen LogP contribution in [0.25, 0.3) is 22.0 Å². The summed E-state index contributed by atoms with van der Waals surface area (Å²) in [5.41, 5.74) is 2.25. The zero-order valence-electron chi connectivity index (χ0n) is 12.3. The number of aromatic nitrogens is 1. The molecule has 0 bridgehead atoms. The molecule has 3 nitrogen and oxygen atoms in total. The van der Waals surface area contributed by atoms with Crippen LogP contribution in [0.4, 0.5) is 0 Å². The van der Waals surface area contributed by atoms with Crippen molar-refractivity contribution in [2.24, 2.45) is 0 Å². The van der Waals surface area contributed by atoms with Gasteiger partial charge in [0.2, 0.25) is 0 Å². The number of methoxy groups -OCH3 is 1. The third-order valence-electron chi connectivity index (χ3n) is 3.41. The van der Waals surface area contributed by atoms with Gasteiger partial charge >= 0.3 is 0 Å². The topological polar surface area (TPSA) is 42.4 Å². The number of halogens is 2. The van der Waals surface area contributed by atoms with Crippen LogP contribution in [-0.2, 0) is 0 Å². The lowest BCUT2D eigenvalue weighted by Gasteiger charge is -2.07. The van der Waals surface area contributed by atoms with Gasteiger partial charge < -0.3 is 9.84 Å². The van der Waals surface area contributed by atoms with E-state index in [-0.39, 0.29) is 10.8 Å². The van der Waals surface area contributed by atoms with Crippen molar-refractivity contribution in [3.63, 3.8) is 0 Å². The predicted octanol–water partition coefficient (Wildman–Crippen LogP) is 5.34. The van der Waals surface area contributed by atoms with Gasteiger partial charge in [-0.05, 0) is 35.9 Å². The molecule has 1 aromatic heterocycles. The van der Waals surface area contributed by atoms with E-state index >= 15 is 0 Å². The van der Waals surface area contributed by atoms with E-state index in [1.54, 1.807) is 18.2 Å². The highest BCUT2D eigenvalue weighted by molar-refractivity contribution is 6.51. The summed E-state index contributed by atoms with van der Waals surface area (Å²) < 4.78 is 5.09. The van der Waals surface area contributed by atoms with Gasteiger partial charge in [0.15, 0.2) is 11.5 Å². The quantitative estimate of drug-likeness (QED) is 0.696. The maximum atomic E-state index is 9.77. The largest absolute Gasteiger partial charge is 0.503 e. The molecule has 23 heavy (non-hydrogen) atoms. The van der Waals surface area contributed by atoms with Crippen molar-refractivity contribution in [3.05, 3.63) is 64.8 Å². The number of benzene rings is 2. The van der Waals surface area contributed by atoms with Crippen molar-refractivity contribution in [1.82, 2.24) is 4.98 Å². The monoisotopic (exact) mass is 345 g/mol. The van der Waals surface area contributed by atoms with Gasteiger partial charge in [-0.1, -0.05) is 47.5 Å². The standard InChI is InChI=1S/C18H13Cl2NO2/c1-23-17-10-11(9-14(20)18(17)22)8-13(19)16-7-6-12-4-2-3-5-15(12)21-16/h2-10,22H,1H3/b13-8-. The Bertz CT molecular complexity index is 907. The molecule has 0 radical (unpaired) electrons. The van der Waals surface area contributed by atoms with Gasteiger partial charge in [-0.2, -0.15) is 0 Å². The fraction of sp³-hybridized carbons (Fsp3) is 0.0556. The number of phenolic OH excluding ortho intramolecular Hbond substituents is 1.